The number of nitro groups is 1. The molecule has 2 aromatic rings. The van der Waals surface area contributed by atoms with Crippen LogP contribution in [0.3, 0.4) is 0 Å². The van der Waals surface area contributed by atoms with Crippen molar-refractivity contribution in [3.8, 4) is 0 Å². The van der Waals surface area contributed by atoms with E-state index in [9.17, 15) is 14.9 Å². The molecular weight excluding hydrogens is 302 g/mol. The van der Waals surface area contributed by atoms with E-state index in [4.69, 9.17) is 0 Å². The Morgan fingerprint density at radius 3 is 2.82 bits per heavy atom. The van der Waals surface area contributed by atoms with Gasteiger partial charge >= 0.3 is 0 Å². The lowest BCUT2D eigenvalue weighted by atomic mass is 10.2. The lowest BCUT2D eigenvalue weighted by molar-refractivity contribution is -0.384. The lowest BCUT2D eigenvalue weighted by Gasteiger charge is -2.08. The van der Waals surface area contributed by atoms with E-state index in [1.807, 2.05) is 24.4 Å². The topological polar surface area (TPSA) is 84.3 Å². The van der Waals surface area contributed by atoms with Gasteiger partial charge in [-0.1, -0.05) is 12.1 Å². The first kappa shape index (κ1) is 16.0. The van der Waals surface area contributed by atoms with Crippen molar-refractivity contribution in [2.45, 2.75) is 13.3 Å². The molecule has 0 aliphatic heterocycles. The van der Waals surface area contributed by atoms with Gasteiger partial charge in [-0.2, -0.15) is 0 Å². The van der Waals surface area contributed by atoms with Gasteiger partial charge in [-0.05, 0) is 36.4 Å². The largest absolute Gasteiger partial charge is 0.379 e. The summed E-state index contributed by atoms with van der Waals surface area (Å²) in [4.78, 5) is 23.0. The molecule has 1 amide bonds. The summed E-state index contributed by atoms with van der Waals surface area (Å²) in [7, 11) is 0. The average Bonchev–Trinajstić information content (AvgIpc) is 3.02. The van der Waals surface area contributed by atoms with Crippen LogP contribution in [0.1, 0.15) is 21.7 Å². The molecule has 1 aromatic heterocycles. The molecule has 0 fully saturated rings. The summed E-state index contributed by atoms with van der Waals surface area (Å²) in [5, 5.41) is 18.7. The Labute approximate surface area is 132 Å². The van der Waals surface area contributed by atoms with Crippen LogP contribution in [0.5, 0.6) is 0 Å². The van der Waals surface area contributed by atoms with E-state index in [1.54, 1.807) is 18.2 Å². The van der Waals surface area contributed by atoms with Gasteiger partial charge in [0.25, 0.3) is 11.6 Å². The summed E-state index contributed by atoms with van der Waals surface area (Å²) in [5.41, 5.74) is 1.42. The highest BCUT2D eigenvalue weighted by atomic mass is 32.1. The van der Waals surface area contributed by atoms with E-state index >= 15 is 0 Å². The maximum Gasteiger partial charge on any atom is 0.292 e. The second-order valence-corrected chi connectivity index (χ2v) is 5.74. The predicted molar refractivity (Wildman–Crippen MR) is 87.6 cm³/mol. The molecule has 0 saturated heterocycles. The number of carbonyl (C=O) groups is 1. The molecule has 0 aliphatic carbocycles. The van der Waals surface area contributed by atoms with Gasteiger partial charge in [0.15, 0.2) is 0 Å². The molecule has 22 heavy (non-hydrogen) atoms. The molecule has 2 rings (SSSR count). The number of rotatable bonds is 7. The van der Waals surface area contributed by atoms with Gasteiger partial charge in [0.2, 0.25) is 0 Å². The van der Waals surface area contributed by atoms with Crippen LogP contribution >= 0.6 is 11.3 Å². The van der Waals surface area contributed by atoms with Gasteiger partial charge in [-0.15, -0.1) is 11.3 Å². The van der Waals surface area contributed by atoms with Crippen LogP contribution in [0, 0.1) is 17.0 Å². The van der Waals surface area contributed by atoms with Crippen molar-refractivity contribution in [2.75, 3.05) is 18.4 Å². The molecule has 6 nitrogen and oxygen atoms in total. The first-order valence-corrected chi connectivity index (χ1v) is 7.76. The molecule has 0 radical (unpaired) electrons. The Morgan fingerprint density at radius 1 is 1.32 bits per heavy atom. The summed E-state index contributed by atoms with van der Waals surface area (Å²) in [6.45, 7) is 2.88. The van der Waals surface area contributed by atoms with E-state index in [-0.39, 0.29) is 11.6 Å². The smallest absolute Gasteiger partial charge is 0.292 e. The Hall–Kier alpha value is -2.41. The second kappa shape index (κ2) is 7.56. The number of nitrogens with one attached hydrogen (secondary N) is 2. The van der Waals surface area contributed by atoms with Gasteiger partial charge < -0.3 is 10.6 Å². The predicted octanol–water partition coefficient (Wildman–Crippen LogP) is 3.20. The fourth-order valence-electron chi connectivity index (χ4n) is 1.95. The number of benzene rings is 1. The minimum atomic E-state index is -0.395. The van der Waals surface area contributed by atoms with Crippen molar-refractivity contribution in [3.05, 3.63) is 56.3 Å². The number of anilines is 1. The molecule has 0 aliphatic rings. The number of hydrogen-bond acceptors (Lipinski definition) is 5. The number of aryl methyl sites for hydroxylation is 1. The Kier molecular flexibility index (Phi) is 5.48. The molecule has 1 heterocycles. The molecule has 2 N–H and O–H groups in total. The Morgan fingerprint density at radius 2 is 2.14 bits per heavy atom. The quantitative estimate of drug-likeness (QED) is 0.466. The summed E-state index contributed by atoms with van der Waals surface area (Å²) < 4.78 is 0. The van der Waals surface area contributed by atoms with Gasteiger partial charge in [0, 0.05) is 19.2 Å². The Bertz CT molecular complexity index is 656. The van der Waals surface area contributed by atoms with Crippen LogP contribution in [-0.2, 0) is 0 Å². The maximum absolute atomic E-state index is 11.7. The van der Waals surface area contributed by atoms with Crippen molar-refractivity contribution < 1.29 is 9.72 Å². The van der Waals surface area contributed by atoms with Crippen LogP contribution < -0.4 is 10.6 Å². The van der Waals surface area contributed by atoms with Crippen LogP contribution in [-0.4, -0.2) is 23.9 Å². The van der Waals surface area contributed by atoms with Crippen LogP contribution in [0.4, 0.5) is 11.4 Å². The van der Waals surface area contributed by atoms with Crippen molar-refractivity contribution in [1.82, 2.24) is 5.32 Å². The zero-order valence-corrected chi connectivity index (χ0v) is 13.0. The third-order valence-corrected chi connectivity index (χ3v) is 3.92. The lowest BCUT2D eigenvalue weighted by Crippen LogP contribution is -2.25. The van der Waals surface area contributed by atoms with Crippen molar-refractivity contribution >= 4 is 28.6 Å². The van der Waals surface area contributed by atoms with Crippen LogP contribution in [0.15, 0.2) is 35.7 Å². The first-order chi connectivity index (χ1) is 10.6. The molecule has 0 atom stereocenters. The van der Waals surface area contributed by atoms with Crippen molar-refractivity contribution in [1.29, 1.82) is 0 Å². The SMILES string of the molecule is Cc1ccc(NCCCNC(=O)c2cccs2)c([N+](=O)[O-])c1. The summed E-state index contributed by atoms with van der Waals surface area (Å²) >= 11 is 1.40. The zero-order valence-electron chi connectivity index (χ0n) is 12.2. The first-order valence-electron chi connectivity index (χ1n) is 6.88. The number of amides is 1. The molecule has 0 bridgehead atoms. The molecule has 1 aromatic carbocycles. The summed E-state index contributed by atoms with van der Waals surface area (Å²) in [6.07, 6.45) is 0.683. The van der Waals surface area contributed by atoms with E-state index in [1.165, 1.54) is 11.3 Å². The van der Waals surface area contributed by atoms with Crippen LogP contribution in [0.2, 0.25) is 0 Å². The summed E-state index contributed by atoms with van der Waals surface area (Å²) in [6, 6.07) is 8.68. The van der Waals surface area contributed by atoms with E-state index in [2.05, 4.69) is 10.6 Å². The van der Waals surface area contributed by atoms with E-state index < -0.39 is 4.92 Å². The molecule has 0 saturated carbocycles. The molecule has 116 valence electrons. The highest BCUT2D eigenvalue weighted by Crippen LogP contribution is 2.25. The normalized spacial score (nSPS) is 10.2. The third kappa shape index (κ3) is 4.29. The number of hydrogen-bond donors (Lipinski definition) is 2. The van der Waals surface area contributed by atoms with Crippen molar-refractivity contribution in [3.63, 3.8) is 0 Å². The third-order valence-electron chi connectivity index (χ3n) is 3.05. The fourth-order valence-corrected chi connectivity index (χ4v) is 2.59. The van der Waals surface area contributed by atoms with Gasteiger partial charge in [-0.25, -0.2) is 0 Å². The minimum absolute atomic E-state index is 0.0719. The number of nitro benzene ring substituents is 1. The monoisotopic (exact) mass is 319 g/mol. The summed E-state index contributed by atoms with van der Waals surface area (Å²) in [5.74, 6) is -0.0867. The highest BCUT2D eigenvalue weighted by molar-refractivity contribution is 7.12. The van der Waals surface area contributed by atoms with E-state index in [0.29, 0.717) is 30.1 Å². The molecule has 7 heteroatoms. The van der Waals surface area contributed by atoms with Gasteiger partial charge in [0.1, 0.15) is 5.69 Å². The van der Waals surface area contributed by atoms with E-state index in [0.717, 1.165) is 5.56 Å². The highest BCUT2D eigenvalue weighted by Gasteiger charge is 2.13. The molecule has 0 unspecified atom stereocenters. The number of nitrogens with zero attached hydrogens (tertiary/aromatic N) is 1. The standard InChI is InChI=1S/C15H17N3O3S/c1-11-5-6-12(13(10-11)18(20)21)16-7-3-8-17-15(19)14-4-2-9-22-14/h2,4-6,9-10,16H,3,7-8H2,1H3,(H,17,19). The number of thiophene rings is 1. The Balaban J connectivity index is 1.77. The number of carbonyl (C=O) groups excluding carboxylic acids is 1. The minimum Gasteiger partial charge on any atom is -0.379 e. The second-order valence-electron chi connectivity index (χ2n) is 4.79. The van der Waals surface area contributed by atoms with Gasteiger partial charge in [-0.3, -0.25) is 14.9 Å². The molecular formula is C15H17N3O3S. The van der Waals surface area contributed by atoms with Gasteiger partial charge in [0.05, 0.1) is 9.80 Å². The van der Waals surface area contributed by atoms with Crippen molar-refractivity contribution in [2.24, 2.45) is 0 Å². The maximum atomic E-state index is 11.7. The fraction of sp³-hybridized carbons (Fsp3) is 0.267. The average molecular weight is 319 g/mol. The molecule has 0 spiro atoms. The van der Waals surface area contributed by atoms with Crippen LogP contribution in [0.25, 0.3) is 0 Å². The zero-order chi connectivity index (χ0) is 15.9.